The fourth-order valence-electron chi connectivity index (χ4n) is 4.28. The lowest BCUT2D eigenvalue weighted by molar-refractivity contribution is -0.121. The van der Waals surface area contributed by atoms with Crippen LogP contribution in [0.3, 0.4) is 0 Å². The van der Waals surface area contributed by atoms with Crippen LogP contribution in [-0.4, -0.2) is 39.7 Å². The number of rotatable bonds is 10. The van der Waals surface area contributed by atoms with Crippen molar-refractivity contribution in [2.75, 3.05) is 20.8 Å². The van der Waals surface area contributed by atoms with E-state index < -0.39 is 9.84 Å². The van der Waals surface area contributed by atoms with Crippen molar-refractivity contribution in [2.45, 2.75) is 30.5 Å². The lowest BCUT2D eigenvalue weighted by Gasteiger charge is -2.10. The van der Waals surface area contributed by atoms with Crippen molar-refractivity contribution in [1.29, 1.82) is 0 Å². The maximum atomic E-state index is 13.3. The molecule has 1 N–H and O–H groups in total. The van der Waals surface area contributed by atoms with Crippen molar-refractivity contribution in [1.82, 2.24) is 9.88 Å². The van der Waals surface area contributed by atoms with Crippen molar-refractivity contribution in [3.8, 4) is 11.5 Å². The molecule has 0 fully saturated rings. The lowest BCUT2D eigenvalue weighted by Crippen LogP contribution is -2.29. The number of carbonyl (C=O) groups excluding carboxylic acids is 1. The van der Waals surface area contributed by atoms with Gasteiger partial charge in [-0.05, 0) is 42.7 Å². The largest absolute Gasteiger partial charge is 0.493 e. The van der Waals surface area contributed by atoms with Crippen molar-refractivity contribution in [3.63, 3.8) is 0 Å². The molecular weight excluding hydrogens is 476 g/mol. The minimum absolute atomic E-state index is 0.0203. The number of sulfone groups is 1. The SMILES string of the molecule is COc1ccc(CCNC(=O)Cn2cc(S(=O)(=O)Cc3cccc(C)c3)c3ccccc32)cc1OC. The standard InChI is InChI=1S/C28H30N2O5S/c1-20-7-6-8-22(15-20)19-36(32,33)27-17-30(24-10-5-4-9-23(24)27)18-28(31)29-14-13-21-11-12-25(34-2)26(16-21)35-3/h4-12,15-17H,13-14,18-19H2,1-3H3,(H,29,31). The van der Waals surface area contributed by atoms with E-state index in [9.17, 15) is 13.2 Å². The number of aromatic nitrogens is 1. The first-order chi connectivity index (χ1) is 17.3. The highest BCUT2D eigenvalue weighted by atomic mass is 32.2. The van der Waals surface area contributed by atoms with Crippen molar-refractivity contribution < 1.29 is 22.7 Å². The molecular formula is C28H30N2O5S. The van der Waals surface area contributed by atoms with E-state index in [0.29, 0.717) is 35.4 Å². The van der Waals surface area contributed by atoms with Gasteiger partial charge in [-0.15, -0.1) is 0 Å². The molecule has 0 saturated carbocycles. The van der Waals surface area contributed by atoms with Gasteiger partial charge in [0.15, 0.2) is 21.3 Å². The summed E-state index contributed by atoms with van der Waals surface area (Å²) in [6, 6.07) is 20.4. The number of amides is 1. The van der Waals surface area contributed by atoms with Gasteiger partial charge in [0, 0.05) is 23.6 Å². The monoisotopic (exact) mass is 506 g/mol. The Bertz CT molecular complexity index is 1490. The number of carbonyl (C=O) groups is 1. The van der Waals surface area contributed by atoms with Crippen LogP contribution in [0, 0.1) is 6.92 Å². The zero-order valence-corrected chi connectivity index (χ0v) is 21.5. The zero-order valence-electron chi connectivity index (χ0n) is 20.7. The van der Waals surface area contributed by atoms with E-state index in [1.807, 2.05) is 67.6 Å². The molecule has 1 aromatic heterocycles. The summed E-state index contributed by atoms with van der Waals surface area (Å²) in [6.07, 6.45) is 2.19. The smallest absolute Gasteiger partial charge is 0.239 e. The minimum atomic E-state index is -3.61. The second kappa shape index (κ2) is 10.9. The van der Waals surface area contributed by atoms with Crippen LogP contribution in [0.2, 0.25) is 0 Å². The van der Waals surface area contributed by atoms with Gasteiger partial charge in [0.05, 0.1) is 24.9 Å². The van der Waals surface area contributed by atoms with Crippen LogP contribution in [0.1, 0.15) is 16.7 Å². The Morgan fingerprint density at radius 2 is 1.69 bits per heavy atom. The summed E-state index contributed by atoms with van der Waals surface area (Å²) in [5.74, 6) is 0.997. The maximum absolute atomic E-state index is 13.3. The Kier molecular flexibility index (Phi) is 7.64. The molecule has 0 aliphatic heterocycles. The first kappa shape index (κ1) is 25.3. The van der Waals surface area contributed by atoms with Crippen molar-refractivity contribution in [2.24, 2.45) is 0 Å². The molecule has 0 bridgehead atoms. The molecule has 7 nitrogen and oxygen atoms in total. The van der Waals surface area contributed by atoms with E-state index in [-0.39, 0.29) is 23.1 Å². The first-order valence-corrected chi connectivity index (χ1v) is 13.3. The summed E-state index contributed by atoms with van der Waals surface area (Å²) in [6.45, 7) is 2.39. The number of aryl methyl sites for hydroxylation is 1. The van der Waals surface area contributed by atoms with Crippen molar-refractivity contribution in [3.05, 3.63) is 89.6 Å². The van der Waals surface area contributed by atoms with E-state index >= 15 is 0 Å². The minimum Gasteiger partial charge on any atom is -0.493 e. The van der Waals surface area contributed by atoms with Crippen LogP contribution >= 0.6 is 0 Å². The second-order valence-electron chi connectivity index (χ2n) is 8.68. The maximum Gasteiger partial charge on any atom is 0.239 e. The number of methoxy groups -OCH3 is 2. The van der Waals surface area contributed by atoms with Crippen LogP contribution in [0.4, 0.5) is 0 Å². The summed E-state index contributed by atoms with van der Waals surface area (Å²) in [5.41, 5.74) is 3.45. The number of benzene rings is 3. The van der Waals surface area contributed by atoms with Crippen LogP contribution < -0.4 is 14.8 Å². The predicted octanol–water partition coefficient (Wildman–Crippen LogP) is 4.30. The molecule has 0 spiro atoms. The van der Waals surface area contributed by atoms with Crippen LogP contribution in [-0.2, 0) is 33.4 Å². The van der Waals surface area contributed by atoms with Gasteiger partial charge >= 0.3 is 0 Å². The molecule has 8 heteroatoms. The van der Waals surface area contributed by atoms with Crippen molar-refractivity contribution >= 4 is 26.6 Å². The van der Waals surface area contributed by atoms with Gasteiger partial charge in [0.25, 0.3) is 0 Å². The van der Waals surface area contributed by atoms with E-state index in [4.69, 9.17) is 9.47 Å². The fourth-order valence-corrected chi connectivity index (χ4v) is 5.85. The Balaban J connectivity index is 1.47. The summed E-state index contributed by atoms with van der Waals surface area (Å²) in [4.78, 5) is 13.0. The summed E-state index contributed by atoms with van der Waals surface area (Å²) < 4.78 is 38.9. The molecule has 4 rings (SSSR count). The number of ether oxygens (including phenoxy) is 2. The lowest BCUT2D eigenvalue weighted by atomic mass is 10.1. The van der Waals surface area contributed by atoms with Gasteiger partial charge in [-0.3, -0.25) is 4.79 Å². The van der Waals surface area contributed by atoms with Crippen LogP contribution in [0.15, 0.2) is 77.8 Å². The quantitative estimate of drug-likeness (QED) is 0.347. The highest BCUT2D eigenvalue weighted by Crippen LogP contribution is 2.29. The predicted molar refractivity (Wildman–Crippen MR) is 140 cm³/mol. The Hall–Kier alpha value is -3.78. The van der Waals surface area contributed by atoms with Gasteiger partial charge in [-0.25, -0.2) is 8.42 Å². The molecule has 0 aliphatic carbocycles. The molecule has 0 aliphatic rings. The normalized spacial score (nSPS) is 11.4. The van der Waals surface area contributed by atoms with Gasteiger partial charge in [-0.1, -0.05) is 54.1 Å². The molecule has 188 valence electrons. The van der Waals surface area contributed by atoms with E-state index in [1.54, 1.807) is 31.0 Å². The van der Waals surface area contributed by atoms with Crippen LogP contribution in [0.5, 0.6) is 11.5 Å². The number of hydrogen-bond donors (Lipinski definition) is 1. The average molecular weight is 507 g/mol. The summed E-state index contributed by atoms with van der Waals surface area (Å²) in [7, 11) is -0.443. The number of nitrogens with one attached hydrogen (secondary N) is 1. The molecule has 3 aromatic carbocycles. The molecule has 0 saturated heterocycles. The van der Waals surface area contributed by atoms with E-state index in [2.05, 4.69) is 5.32 Å². The third-order valence-electron chi connectivity index (χ3n) is 6.02. The Morgan fingerprint density at radius 1 is 0.917 bits per heavy atom. The summed E-state index contributed by atoms with van der Waals surface area (Å²) >= 11 is 0. The number of hydrogen-bond acceptors (Lipinski definition) is 5. The second-order valence-corrected chi connectivity index (χ2v) is 10.6. The molecule has 4 aromatic rings. The molecule has 0 radical (unpaired) electrons. The van der Waals surface area contributed by atoms with E-state index in [1.165, 1.54) is 0 Å². The number of fused-ring (bicyclic) bond motifs is 1. The number of nitrogens with zero attached hydrogens (tertiary/aromatic N) is 1. The third-order valence-corrected chi connectivity index (χ3v) is 7.73. The van der Waals surface area contributed by atoms with Gasteiger partial charge in [0.1, 0.15) is 6.54 Å². The summed E-state index contributed by atoms with van der Waals surface area (Å²) in [5, 5.41) is 3.54. The van der Waals surface area contributed by atoms with E-state index in [0.717, 1.165) is 16.7 Å². The molecule has 1 heterocycles. The highest BCUT2D eigenvalue weighted by molar-refractivity contribution is 7.90. The van der Waals surface area contributed by atoms with Gasteiger partial charge in [0.2, 0.25) is 5.91 Å². The molecule has 1 amide bonds. The molecule has 36 heavy (non-hydrogen) atoms. The zero-order chi connectivity index (χ0) is 25.7. The first-order valence-electron chi connectivity index (χ1n) is 11.6. The highest BCUT2D eigenvalue weighted by Gasteiger charge is 2.22. The topological polar surface area (TPSA) is 86.6 Å². The molecule has 0 unspecified atom stereocenters. The third kappa shape index (κ3) is 5.71. The van der Waals surface area contributed by atoms with Gasteiger partial charge < -0.3 is 19.4 Å². The fraction of sp³-hybridized carbons (Fsp3) is 0.250. The Labute approximate surface area is 211 Å². The Morgan fingerprint density at radius 3 is 2.44 bits per heavy atom. The van der Waals surface area contributed by atoms with Gasteiger partial charge in [-0.2, -0.15) is 0 Å². The van der Waals surface area contributed by atoms with Crippen LogP contribution in [0.25, 0.3) is 10.9 Å². The molecule has 0 atom stereocenters. The number of para-hydroxylation sites is 1. The average Bonchev–Trinajstić information content (AvgIpc) is 3.23.